The second kappa shape index (κ2) is 4.50. The molecule has 0 aliphatic heterocycles. The van der Waals surface area contributed by atoms with Gasteiger partial charge in [-0.2, -0.15) is 13.2 Å². The quantitative estimate of drug-likeness (QED) is 0.662. The smallest absolute Gasteiger partial charge is 0.391 e. The molecule has 1 unspecified atom stereocenters. The van der Waals surface area contributed by atoms with Crippen molar-refractivity contribution in [2.24, 2.45) is 0 Å². The van der Waals surface area contributed by atoms with Gasteiger partial charge in [0.2, 0.25) is 0 Å². The molecule has 0 aromatic carbocycles. The van der Waals surface area contributed by atoms with Gasteiger partial charge in [-0.3, -0.25) is 0 Å². The molecule has 4 heteroatoms. The first-order valence-corrected chi connectivity index (χ1v) is 3.70. The van der Waals surface area contributed by atoms with Crippen LogP contribution in [0, 0.1) is 0 Å². The fourth-order valence-electron chi connectivity index (χ4n) is 0.782. The minimum Gasteiger partial charge on any atom is -0.393 e. The zero-order chi connectivity index (χ0) is 9.78. The summed E-state index contributed by atoms with van der Waals surface area (Å²) in [7, 11) is 0. The molecule has 1 N–H and O–H groups in total. The Labute approximate surface area is 69.9 Å². The molecule has 0 aliphatic rings. The summed E-state index contributed by atoms with van der Waals surface area (Å²) in [6, 6.07) is 0. The number of hydrogen-bond acceptors (Lipinski definition) is 1. The Morgan fingerprint density at radius 1 is 1.50 bits per heavy atom. The van der Waals surface area contributed by atoms with Crippen LogP contribution in [-0.4, -0.2) is 17.4 Å². The van der Waals surface area contributed by atoms with E-state index in [1.807, 2.05) is 0 Å². The van der Waals surface area contributed by atoms with Crippen LogP contribution >= 0.6 is 0 Å². The number of aliphatic hydroxyl groups is 1. The first kappa shape index (κ1) is 11.5. The predicted octanol–water partition coefficient (Wildman–Crippen LogP) is 2.66. The molecule has 1 nitrogen and oxygen atoms in total. The third-order valence-corrected chi connectivity index (χ3v) is 1.37. The van der Waals surface area contributed by atoms with Gasteiger partial charge in [0.1, 0.15) is 0 Å². The van der Waals surface area contributed by atoms with E-state index in [4.69, 9.17) is 5.11 Å². The third kappa shape index (κ3) is 7.60. The van der Waals surface area contributed by atoms with Crippen LogP contribution in [0.2, 0.25) is 0 Å². The first-order chi connectivity index (χ1) is 5.31. The monoisotopic (exact) mass is 182 g/mol. The molecule has 0 bridgehead atoms. The maximum atomic E-state index is 11.6. The molecule has 0 amide bonds. The summed E-state index contributed by atoms with van der Waals surface area (Å²) in [5, 5.41) is 8.87. The van der Waals surface area contributed by atoms with Gasteiger partial charge in [-0.15, -0.1) is 6.58 Å². The van der Waals surface area contributed by atoms with Crippen LogP contribution in [0.1, 0.15) is 26.2 Å². The van der Waals surface area contributed by atoms with Gasteiger partial charge < -0.3 is 5.11 Å². The molecule has 1 atom stereocenters. The highest BCUT2D eigenvalue weighted by Crippen LogP contribution is 2.23. The van der Waals surface area contributed by atoms with E-state index in [9.17, 15) is 13.2 Å². The van der Waals surface area contributed by atoms with Gasteiger partial charge in [0, 0.05) is 0 Å². The van der Waals surface area contributed by atoms with Crippen LogP contribution in [0.5, 0.6) is 0 Å². The summed E-state index contributed by atoms with van der Waals surface area (Å²) in [6.07, 6.45) is -6.11. The Kier molecular flexibility index (Phi) is 4.31. The number of hydrogen-bond donors (Lipinski definition) is 1. The molecular formula is C8H13F3O. The molecule has 0 saturated heterocycles. The molecule has 0 rings (SSSR count). The first-order valence-electron chi connectivity index (χ1n) is 3.70. The van der Waals surface area contributed by atoms with E-state index < -0.39 is 18.7 Å². The van der Waals surface area contributed by atoms with Crippen molar-refractivity contribution in [1.82, 2.24) is 0 Å². The normalized spacial score (nSPS) is 14.4. The van der Waals surface area contributed by atoms with E-state index in [-0.39, 0.29) is 6.42 Å². The molecule has 0 aromatic heterocycles. The Bertz CT molecular complexity index is 151. The van der Waals surface area contributed by atoms with Crippen molar-refractivity contribution in [3.05, 3.63) is 12.2 Å². The average molecular weight is 182 g/mol. The molecule has 0 heterocycles. The Morgan fingerprint density at radius 3 is 2.33 bits per heavy atom. The average Bonchev–Trinajstić information content (AvgIpc) is 1.79. The van der Waals surface area contributed by atoms with Crippen LogP contribution in [0.15, 0.2) is 12.2 Å². The second-order valence-electron chi connectivity index (χ2n) is 2.97. The lowest BCUT2D eigenvalue weighted by atomic mass is 10.1. The van der Waals surface area contributed by atoms with Crippen LogP contribution in [0.3, 0.4) is 0 Å². The van der Waals surface area contributed by atoms with E-state index in [1.165, 1.54) is 0 Å². The second-order valence-corrected chi connectivity index (χ2v) is 2.97. The summed E-state index contributed by atoms with van der Waals surface area (Å²) in [6.45, 7) is 5.25. The van der Waals surface area contributed by atoms with Crippen molar-refractivity contribution in [2.75, 3.05) is 0 Å². The zero-order valence-corrected chi connectivity index (χ0v) is 6.99. The lowest BCUT2D eigenvalue weighted by molar-refractivity contribution is -0.153. The molecule has 0 fully saturated rings. The highest BCUT2D eigenvalue weighted by molar-refractivity contribution is 4.88. The van der Waals surface area contributed by atoms with E-state index >= 15 is 0 Å². The van der Waals surface area contributed by atoms with Crippen LogP contribution in [0.25, 0.3) is 0 Å². The molecule has 72 valence electrons. The minimum absolute atomic E-state index is 0.134. The number of rotatable bonds is 4. The lowest BCUT2D eigenvalue weighted by Gasteiger charge is -2.12. The molecule has 12 heavy (non-hydrogen) atoms. The van der Waals surface area contributed by atoms with E-state index in [1.54, 1.807) is 6.92 Å². The third-order valence-electron chi connectivity index (χ3n) is 1.37. The number of alkyl halides is 3. The van der Waals surface area contributed by atoms with Crippen LogP contribution < -0.4 is 0 Å². The topological polar surface area (TPSA) is 20.2 Å². The molecule has 0 aromatic rings. The van der Waals surface area contributed by atoms with Gasteiger partial charge in [0.15, 0.2) is 0 Å². The molecule has 0 radical (unpaired) electrons. The summed E-state index contributed by atoms with van der Waals surface area (Å²) in [5.41, 5.74) is 0.788. The van der Waals surface area contributed by atoms with Crippen molar-refractivity contribution >= 4 is 0 Å². The van der Waals surface area contributed by atoms with Crippen molar-refractivity contribution in [3.63, 3.8) is 0 Å². The summed E-state index contributed by atoms with van der Waals surface area (Å²) in [5.74, 6) is 0. The zero-order valence-electron chi connectivity index (χ0n) is 6.99. The highest BCUT2D eigenvalue weighted by atomic mass is 19.4. The number of allylic oxidation sites excluding steroid dienone is 1. The molecular weight excluding hydrogens is 169 g/mol. The Hall–Kier alpha value is -0.510. The summed E-state index contributed by atoms with van der Waals surface area (Å²) in [4.78, 5) is 0. The van der Waals surface area contributed by atoms with E-state index in [2.05, 4.69) is 6.58 Å². The van der Waals surface area contributed by atoms with Crippen LogP contribution in [0.4, 0.5) is 13.2 Å². The van der Waals surface area contributed by atoms with Crippen molar-refractivity contribution in [2.45, 2.75) is 38.5 Å². The maximum absolute atomic E-state index is 11.6. The fraction of sp³-hybridized carbons (Fsp3) is 0.750. The van der Waals surface area contributed by atoms with Gasteiger partial charge in [-0.25, -0.2) is 0 Å². The Morgan fingerprint density at radius 2 is 2.00 bits per heavy atom. The minimum atomic E-state index is -4.27. The lowest BCUT2D eigenvalue weighted by Crippen LogP contribution is -2.19. The summed E-state index contributed by atoms with van der Waals surface area (Å²) >= 11 is 0. The van der Waals surface area contributed by atoms with E-state index in [0.717, 1.165) is 5.57 Å². The van der Waals surface area contributed by atoms with Gasteiger partial charge in [0.05, 0.1) is 12.5 Å². The fourth-order valence-corrected chi connectivity index (χ4v) is 0.782. The standard InChI is InChI=1S/C8H13F3O/c1-6(2)3-4-7(12)5-8(9,10)11/h7,12H,1,3-5H2,2H3. The van der Waals surface area contributed by atoms with Crippen molar-refractivity contribution in [3.8, 4) is 0 Å². The Balaban J connectivity index is 3.60. The number of aliphatic hydroxyl groups excluding tert-OH is 1. The summed E-state index contributed by atoms with van der Waals surface area (Å²) < 4.78 is 34.9. The van der Waals surface area contributed by atoms with Crippen LogP contribution in [-0.2, 0) is 0 Å². The van der Waals surface area contributed by atoms with Crippen molar-refractivity contribution in [1.29, 1.82) is 0 Å². The molecule has 0 saturated carbocycles. The molecule has 0 aliphatic carbocycles. The SMILES string of the molecule is C=C(C)CCC(O)CC(F)(F)F. The van der Waals surface area contributed by atoms with Gasteiger partial charge in [-0.05, 0) is 19.8 Å². The van der Waals surface area contributed by atoms with Gasteiger partial charge in [0.25, 0.3) is 0 Å². The van der Waals surface area contributed by atoms with E-state index in [0.29, 0.717) is 6.42 Å². The molecule has 0 spiro atoms. The predicted molar refractivity (Wildman–Crippen MR) is 40.7 cm³/mol. The van der Waals surface area contributed by atoms with Gasteiger partial charge in [-0.1, -0.05) is 5.57 Å². The largest absolute Gasteiger partial charge is 0.393 e. The number of halogens is 3. The van der Waals surface area contributed by atoms with Gasteiger partial charge >= 0.3 is 6.18 Å². The highest BCUT2D eigenvalue weighted by Gasteiger charge is 2.30. The van der Waals surface area contributed by atoms with Crippen molar-refractivity contribution < 1.29 is 18.3 Å². The maximum Gasteiger partial charge on any atom is 0.391 e.